The Balaban J connectivity index is 2.79. The number of halogens is 3. The molecule has 0 fully saturated rings. The van der Waals surface area contributed by atoms with Gasteiger partial charge >= 0.3 is 0 Å². The molecule has 1 aromatic carbocycles. The minimum absolute atomic E-state index is 0.0658. The average molecular weight is 249 g/mol. The van der Waals surface area contributed by atoms with Crippen LogP contribution in [0.3, 0.4) is 0 Å². The fourth-order valence-corrected chi connectivity index (χ4v) is 2.55. The molecular formula is C9H3Cl2FOS. The molecule has 0 radical (unpaired) electrons. The van der Waals surface area contributed by atoms with E-state index in [4.69, 9.17) is 23.2 Å². The van der Waals surface area contributed by atoms with Crippen LogP contribution in [0.5, 0.6) is 0 Å². The molecule has 1 nitrogen and oxygen atoms in total. The van der Waals surface area contributed by atoms with Crippen LogP contribution in [-0.4, -0.2) is 5.24 Å². The number of rotatable bonds is 1. The highest BCUT2D eigenvalue weighted by Crippen LogP contribution is 2.32. The molecule has 0 aliphatic heterocycles. The van der Waals surface area contributed by atoms with Crippen molar-refractivity contribution in [2.75, 3.05) is 0 Å². The Kier molecular flexibility index (Phi) is 2.47. The molecule has 0 spiro atoms. The summed E-state index contributed by atoms with van der Waals surface area (Å²) in [5, 5.41) is 0.107. The number of hydrogen-bond acceptors (Lipinski definition) is 2. The van der Waals surface area contributed by atoms with E-state index in [2.05, 4.69) is 0 Å². The van der Waals surface area contributed by atoms with E-state index in [0.29, 0.717) is 15.1 Å². The van der Waals surface area contributed by atoms with Crippen molar-refractivity contribution in [2.24, 2.45) is 0 Å². The maximum absolute atomic E-state index is 13.5. The second-order valence-corrected chi connectivity index (χ2v) is 4.49. The normalized spacial score (nSPS) is 10.8. The summed E-state index contributed by atoms with van der Waals surface area (Å²) >= 11 is 11.9. The Bertz CT molecular complexity index is 521. The van der Waals surface area contributed by atoms with Crippen LogP contribution in [0.1, 0.15) is 9.67 Å². The van der Waals surface area contributed by atoms with Gasteiger partial charge in [0.05, 0.1) is 0 Å². The van der Waals surface area contributed by atoms with E-state index in [1.54, 1.807) is 12.1 Å². The quantitative estimate of drug-likeness (QED) is 0.696. The van der Waals surface area contributed by atoms with Crippen molar-refractivity contribution in [2.45, 2.75) is 0 Å². The average Bonchev–Trinajstić information content (AvgIpc) is 2.43. The van der Waals surface area contributed by atoms with Crippen LogP contribution in [0.15, 0.2) is 18.2 Å². The summed E-state index contributed by atoms with van der Waals surface area (Å²) in [7, 11) is 0. The first-order chi connectivity index (χ1) is 6.59. The van der Waals surface area contributed by atoms with Crippen LogP contribution >= 0.6 is 34.5 Å². The van der Waals surface area contributed by atoms with Crippen LogP contribution < -0.4 is 0 Å². The smallest absolute Gasteiger partial charge is 0.265 e. The van der Waals surface area contributed by atoms with Crippen molar-refractivity contribution in [3.8, 4) is 0 Å². The highest BCUT2D eigenvalue weighted by atomic mass is 35.5. The fourth-order valence-electron chi connectivity index (χ4n) is 1.17. The fraction of sp³-hybridized carbons (Fsp3) is 0. The summed E-state index contributed by atoms with van der Waals surface area (Å²) in [6, 6.07) is 4.71. The number of carbonyl (C=O) groups is 1. The molecule has 0 bridgehead atoms. The van der Waals surface area contributed by atoms with Gasteiger partial charge in [0.25, 0.3) is 5.24 Å². The van der Waals surface area contributed by atoms with Crippen molar-refractivity contribution >= 4 is 49.9 Å². The van der Waals surface area contributed by atoms with E-state index < -0.39 is 11.1 Å². The molecule has 0 amide bonds. The number of hydrogen-bond donors (Lipinski definition) is 0. The Morgan fingerprint density at radius 3 is 2.79 bits per heavy atom. The lowest BCUT2D eigenvalue weighted by molar-refractivity contribution is 0.108. The highest BCUT2D eigenvalue weighted by molar-refractivity contribution is 7.22. The molecule has 1 aromatic heterocycles. The molecule has 0 aliphatic rings. The molecule has 0 atom stereocenters. The van der Waals surface area contributed by atoms with E-state index >= 15 is 0 Å². The van der Waals surface area contributed by atoms with Gasteiger partial charge in [0.15, 0.2) is 5.82 Å². The summed E-state index contributed by atoms with van der Waals surface area (Å²) in [6.45, 7) is 0. The second-order valence-electron chi connectivity index (χ2n) is 2.66. The zero-order valence-electron chi connectivity index (χ0n) is 6.68. The zero-order valence-corrected chi connectivity index (χ0v) is 9.01. The standard InChI is InChI=1S/C9H3Cl2FOS/c10-4-1-2-5-6(3-4)14-8(7(5)12)9(11)13/h1-3H. The molecule has 0 unspecified atom stereocenters. The van der Waals surface area contributed by atoms with E-state index in [1.165, 1.54) is 6.07 Å². The minimum atomic E-state index is -0.778. The van der Waals surface area contributed by atoms with Gasteiger partial charge in [-0.1, -0.05) is 11.6 Å². The third kappa shape index (κ3) is 1.52. The predicted molar refractivity (Wildman–Crippen MR) is 57.0 cm³/mol. The number of fused-ring (bicyclic) bond motifs is 1. The lowest BCUT2D eigenvalue weighted by Crippen LogP contribution is -1.86. The predicted octanol–water partition coefficient (Wildman–Crippen LogP) is 4.07. The Morgan fingerprint density at radius 1 is 1.43 bits per heavy atom. The topological polar surface area (TPSA) is 17.1 Å². The largest absolute Gasteiger partial charge is 0.275 e. The molecule has 0 aliphatic carbocycles. The van der Waals surface area contributed by atoms with Crippen LogP contribution in [0.25, 0.3) is 10.1 Å². The molecule has 2 aromatic rings. The molecule has 5 heteroatoms. The van der Waals surface area contributed by atoms with Gasteiger partial charge in [0, 0.05) is 15.1 Å². The second kappa shape index (κ2) is 3.50. The van der Waals surface area contributed by atoms with E-state index in [9.17, 15) is 9.18 Å². The maximum Gasteiger partial charge on any atom is 0.265 e. The third-order valence-electron chi connectivity index (χ3n) is 1.77. The minimum Gasteiger partial charge on any atom is -0.275 e. The van der Waals surface area contributed by atoms with E-state index in [1.807, 2.05) is 0 Å². The molecule has 2 rings (SSSR count). The van der Waals surface area contributed by atoms with Gasteiger partial charge in [-0.2, -0.15) is 0 Å². The molecule has 1 heterocycles. The lowest BCUT2D eigenvalue weighted by Gasteiger charge is -1.89. The van der Waals surface area contributed by atoms with Crippen molar-refractivity contribution < 1.29 is 9.18 Å². The molecule has 14 heavy (non-hydrogen) atoms. The van der Waals surface area contributed by atoms with Crippen molar-refractivity contribution in [3.63, 3.8) is 0 Å². The Labute approximate surface area is 93.1 Å². The van der Waals surface area contributed by atoms with E-state index in [0.717, 1.165) is 11.3 Å². The summed E-state index contributed by atoms with van der Waals surface area (Å²) < 4.78 is 14.1. The molecular weight excluding hydrogens is 246 g/mol. The Morgan fingerprint density at radius 2 is 2.14 bits per heavy atom. The van der Waals surface area contributed by atoms with Crippen molar-refractivity contribution in [1.29, 1.82) is 0 Å². The van der Waals surface area contributed by atoms with E-state index in [-0.39, 0.29) is 4.88 Å². The summed E-state index contributed by atoms with van der Waals surface area (Å²) in [6.07, 6.45) is 0. The van der Waals surface area contributed by atoms with Crippen LogP contribution in [0, 0.1) is 5.82 Å². The number of thiophene rings is 1. The highest BCUT2D eigenvalue weighted by Gasteiger charge is 2.16. The molecule has 72 valence electrons. The van der Waals surface area contributed by atoms with Gasteiger partial charge in [-0.3, -0.25) is 4.79 Å². The molecule has 0 saturated carbocycles. The molecule has 0 N–H and O–H groups in total. The van der Waals surface area contributed by atoms with Gasteiger partial charge < -0.3 is 0 Å². The van der Waals surface area contributed by atoms with Gasteiger partial charge in [-0.15, -0.1) is 11.3 Å². The molecule has 0 saturated heterocycles. The van der Waals surface area contributed by atoms with Gasteiger partial charge in [0.1, 0.15) is 4.88 Å². The SMILES string of the molecule is O=C(Cl)c1sc2cc(Cl)ccc2c1F. The van der Waals surface area contributed by atoms with Crippen LogP contribution in [0.4, 0.5) is 4.39 Å². The lowest BCUT2D eigenvalue weighted by atomic mass is 10.2. The van der Waals surface area contributed by atoms with Crippen LogP contribution in [0.2, 0.25) is 5.02 Å². The summed E-state index contributed by atoms with van der Waals surface area (Å²) in [5.74, 6) is -0.568. The van der Waals surface area contributed by atoms with Crippen molar-refractivity contribution in [1.82, 2.24) is 0 Å². The third-order valence-corrected chi connectivity index (χ3v) is 3.43. The zero-order chi connectivity index (χ0) is 10.3. The first kappa shape index (κ1) is 9.90. The first-order valence-corrected chi connectivity index (χ1v) is 5.24. The van der Waals surface area contributed by atoms with Crippen molar-refractivity contribution in [3.05, 3.63) is 33.9 Å². The first-order valence-electron chi connectivity index (χ1n) is 3.67. The maximum atomic E-state index is 13.5. The van der Waals surface area contributed by atoms with Gasteiger partial charge in [-0.25, -0.2) is 4.39 Å². The van der Waals surface area contributed by atoms with Gasteiger partial charge in [0.2, 0.25) is 0 Å². The number of carbonyl (C=O) groups excluding carboxylic acids is 1. The number of benzene rings is 1. The summed E-state index contributed by atoms with van der Waals surface area (Å²) in [5.41, 5.74) is 0. The van der Waals surface area contributed by atoms with Crippen LogP contribution in [-0.2, 0) is 0 Å². The Hall–Kier alpha value is -0.640. The van der Waals surface area contributed by atoms with Gasteiger partial charge in [-0.05, 0) is 29.8 Å². The summed E-state index contributed by atoms with van der Waals surface area (Å²) in [4.78, 5) is 10.8. The monoisotopic (exact) mass is 248 g/mol.